The maximum Gasteiger partial charge on any atom is 0.0901 e. The number of hydrogen-bond acceptors (Lipinski definition) is 5. The van der Waals surface area contributed by atoms with E-state index in [4.69, 9.17) is 9.68 Å². The predicted octanol–water partition coefficient (Wildman–Crippen LogP) is 1.62. The standard InChI is InChI=1S/C4H14N3O2P3/c1-3-8-6-10-5-11-7(12-6)9-4-2/h5,10-12H,3-4H2,1-2H3. The van der Waals surface area contributed by atoms with E-state index in [0.29, 0.717) is 39.9 Å². The van der Waals surface area contributed by atoms with Crippen molar-refractivity contribution < 1.29 is 9.68 Å². The monoisotopic (exact) mass is 229 g/mol. The Hall–Kier alpha value is 1.09. The van der Waals surface area contributed by atoms with Gasteiger partial charge in [0.2, 0.25) is 0 Å². The van der Waals surface area contributed by atoms with Crippen molar-refractivity contribution in [2.24, 2.45) is 0 Å². The third-order valence-electron chi connectivity index (χ3n) is 1.01. The average molecular weight is 229 g/mol. The molecule has 0 aromatic heterocycles. The van der Waals surface area contributed by atoms with Gasteiger partial charge in [0.1, 0.15) is 0 Å². The van der Waals surface area contributed by atoms with Crippen molar-refractivity contribution in [1.29, 1.82) is 0 Å². The molecule has 0 aliphatic carbocycles. The SMILES string of the molecule is CCON1PNPN(OCC)P1. The minimum absolute atomic E-state index is 0.482. The van der Waals surface area contributed by atoms with Crippen molar-refractivity contribution in [2.75, 3.05) is 13.2 Å². The molecule has 0 amide bonds. The van der Waals surface area contributed by atoms with Gasteiger partial charge in [-0.1, -0.05) is 0 Å². The zero-order chi connectivity index (χ0) is 8.81. The first-order valence-electron chi connectivity index (χ1n) is 3.75. The Bertz CT molecular complexity index is 114. The number of nitrogens with one attached hydrogen (secondary N) is 1. The fourth-order valence-electron chi connectivity index (χ4n) is 0.640. The second-order valence-electron chi connectivity index (χ2n) is 1.87. The van der Waals surface area contributed by atoms with Gasteiger partial charge < -0.3 is 0 Å². The largest absolute Gasteiger partial charge is 0.290 e. The maximum absolute atomic E-state index is 5.34. The fraction of sp³-hybridized carbons (Fsp3) is 1.00. The molecule has 1 rings (SSSR count). The Labute approximate surface area is 78.1 Å². The van der Waals surface area contributed by atoms with Crippen LogP contribution >= 0.6 is 26.6 Å². The predicted molar refractivity (Wildman–Crippen MR) is 55.0 cm³/mol. The Kier molecular flexibility index (Phi) is 6.08. The molecule has 1 heterocycles. The summed E-state index contributed by atoms with van der Waals surface area (Å²) in [6.45, 7) is 5.39. The fourth-order valence-corrected chi connectivity index (χ4v) is 4.83. The molecule has 0 bridgehead atoms. The van der Waals surface area contributed by atoms with Crippen LogP contribution in [0.1, 0.15) is 13.8 Å². The minimum atomic E-state index is 0.482. The van der Waals surface area contributed by atoms with Crippen LogP contribution in [0.3, 0.4) is 0 Å². The Balaban J connectivity index is 2.20. The van der Waals surface area contributed by atoms with Gasteiger partial charge in [-0.2, -0.15) is 0 Å². The molecule has 1 aliphatic heterocycles. The van der Waals surface area contributed by atoms with E-state index in [1.165, 1.54) is 0 Å². The van der Waals surface area contributed by atoms with E-state index in [9.17, 15) is 0 Å². The number of nitrogens with zero attached hydrogens (tertiary/aromatic N) is 2. The highest BCUT2D eigenvalue weighted by molar-refractivity contribution is 7.64. The Morgan fingerprint density at radius 3 is 2.00 bits per heavy atom. The van der Waals surface area contributed by atoms with Crippen molar-refractivity contribution in [2.45, 2.75) is 13.8 Å². The van der Waals surface area contributed by atoms with E-state index in [1.807, 2.05) is 23.1 Å². The second kappa shape index (κ2) is 6.53. The topological polar surface area (TPSA) is 37.0 Å². The van der Waals surface area contributed by atoms with Crippen molar-refractivity contribution >= 4 is 26.6 Å². The molecule has 2 unspecified atom stereocenters. The van der Waals surface area contributed by atoms with Crippen LogP contribution in [-0.2, 0) is 9.68 Å². The Morgan fingerprint density at radius 2 is 1.58 bits per heavy atom. The van der Waals surface area contributed by atoms with Gasteiger partial charge in [-0.15, -0.1) is 9.21 Å². The molecule has 0 aromatic rings. The summed E-state index contributed by atoms with van der Waals surface area (Å²) in [4.78, 5) is 13.9. The van der Waals surface area contributed by atoms with Gasteiger partial charge in [0.25, 0.3) is 0 Å². The lowest BCUT2D eigenvalue weighted by Crippen LogP contribution is -2.21. The highest BCUT2D eigenvalue weighted by atomic mass is 31.2. The molecule has 5 nitrogen and oxygen atoms in total. The molecular formula is C4H14N3O2P3. The summed E-state index contributed by atoms with van der Waals surface area (Å²) in [5.74, 6) is 0. The van der Waals surface area contributed by atoms with Gasteiger partial charge >= 0.3 is 0 Å². The molecule has 1 fully saturated rings. The summed E-state index contributed by atoms with van der Waals surface area (Å²) in [7, 11) is 1.59. The van der Waals surface area contributed by atoms with Crippen molar-refractivity contribution in [3.05, 3.63) is 0 Å². The van der Waals surface area contributed by atoms with Crippen LogP contribution in [0.15, 0.2) is 0 Å². The summed E-state index contributed by atoms with van der Waals surface area (Å²) in [5, 5.41) is 0. The third-order valence-corrected chi connectivity index (χ3v) is 4.46. The van der Waals surface area contributed by atoms with E-state index < -0.39 is 0 Å². The van der Waals surface area contributed by atoms with Crippen LogP contribution < -0.4 is 4.86 Å². The van der Waals surface area contributed by atoms with Crippen LogP contribution in [0, 0.1) is 0 Å². The molecule has 1 N–H and O–H groups in total. The minimum Gasteiger partial charge on any atom is -0.290 e. The first kappa shape index (κ1) is 11.2. The molecule has 0 radical (unpaired) electrons. The Morgan fingerprint density at radius 1 is 1.08 bits per heavy atom. The first-order valence-corrected chi connectivity index (χ1v) is 6.54. The van der Waals surface area contributed by atoms with Gasteiger partial charge in [0.15, 0.2) is 0 Å². The molecule has 1 saturated heterocycles. The van der Waals surface area contributed by atoms with E-state index in [2.05, 4.69) is 4.86 Å². The van der Waals surface area contributed by atoms with Crippen LogP contribution in [0.5, 0.6) is 0 Å². The van der Waals surface area contributed by atoms with Gasteiger partial charge in [-0.25, -0.2) is 4.86 Å². The highest BCUT2D eigenvalue weighted by Gasteiger charge is 2.17. The molecule has 0 saturated carbocycles. The highest BCUT2D eigenvalue weighted by Crippen LogP contribution is 2.46. The third kappa shape index (κ3) is 3.87. The van der Waals surface area contributed by atoms with Crippen molar-refractivity contribution in [3.63, 3.8) is 0 Å². The summed E-state index contributed by atoms with van der Waals surface area (Å²) >= 11 is 0. The molecule has 0 spiro atoms. The molecule has 2 atom stereocenters. The average Bonchev–Trinajstić information content (AvgIpc) is 2.06. The molecule has 12 heavy (non-hydrogen) atoms. The molecule has 8 heteroatoms. The van der Waals surface area contributed by atoms with E-state index in [-0.39, 0.29) is 0 Å². The van der Waals surface area contributed by atoms with Crippen molar-refractivity contribution in [3.8, 4) is 0 Å². The summed E-state index contributed by atoms with van der Waals surface area (Å²) in [6.07, 6.45) is 0. The molecular weight excluding hydrogens is 215 g/mol. The number of hydrogen-bond donors (Lipinski definition) is 1. The van der Waals surface area contributed by atoms with Gasteiger partial charge in [0, 0.05) is 0 Å². The smallest absolute Gasteiger partial charge is 0.0901 e. The first-order chi connectivity index (χ1) is 5.86. The van der Waals surface area contributed by atoms with Crippen LogP contribution in [0.25, 0.3) is 0 Å². The van der Waals surface area contributed by atoms with Crippen LogP contribution in [-0.4, -0.2) is 22.4 Å². The van der Waals surface area contributed by atoms with Crippen LogP contribution in [0.2, 0.25) is 0 Å². The molecule has 0 aromatic carbocycles. The quantitative estimate of drug-likeness (QED) is 0.741. The van der Waals surface area contributed by atoms with Gasteiger partial charge in [-0.3, -0.25) is 9.68 Å². The molecule has 72 valence electrons. The zero-order valence-electron chi connectivity index (χ0n) is 7.13. The molecule has 1 aliphatic rings. The van der Waals surface area contributed by atoms with E-state index in [1.54, 1.807) is 0 Å². The maximum atomic E-state index is 5.34. The lowest BCUT2D eigenvalue weighted by molar-refractivity contribution is -0.0351. The summed E-state index contributed by atoms with van der Waals surface area (Å²) in [5.41, 5.74) is 0. The van der Waals surface area contributed by atoms with Crippen molar-refractivity contribution in [1.82, 2.24) is 14.1 Å². The normalized spacial score (nSPS) is 27.5. The second-order valence-corrected chi connectivity index (χ2v) is 6.04. The van der Waals surface area contributed by atoms with Crippen LogP contribution in [0.4, 0.5) is 0 Å². The zero-order valence-corrected chi connectivity index (χ0v) is 10.1. The van der Waals surface area contributed by atoms with Gasteiger partial charge in [-0.05, 0) is 13.8 Å². The van der Waals surface area contributed by atoms with E-state index in [0.717, 1.165) is 0 Å². The lowest BCUT2D eigenvalue weighted by atomic mass is 10.9. The summed E-state index contributed by atoms with van der Waals surface area (Å²) in [6, 6.07) is 0. The number of rotatable bonds is 4. The van der Waals surface area contributed by atoms with Gasteiger partial charge in [0.05, 0.1) is 39.9 Å². The van der Waals surface area contributed by atoms with E-state index >= 15 is 0 Å². The lowest BCUT2D eigenvalue weighted by Gasteiger charge is -2.32. The summed E-state index contributed by atoms with van der Waals surface area (Å²) < 4.78 is 3.79.